The molecule has 0 saturated carbocycles. The number of rotatable bonds is 7. The second-order valence-corrected chi connectivity index (χ2v) is 9.45. The Labute approximate surface area is 190 Å². The summed E-state index contributed by atoms with van der Waals surface area (Å²) in [5.74, 6) is 0.886. The quantitative estimate of drug-likeness (QED) is 0.424. The van der Waals surface area contributed by atoms with Crippen LogP contribution in [0.3, 0.4) is 0 Å². The van der Waals surface area contributed by atoms with Crippen LogP contribution in [0.4, 0.5) is 0 Å². The summed E-state index contributed by atoms with van der Waals surface area (Å²) < 4.78 is 19.5. The Morgan fingerprint density at radius 3 is 2.59 bits per heavy atom. The van der Waals surface area contributed by atoms with Gasteiger partial charge >= 0.3 is 0 Å². The number of aromatic nitrogens is 3. The fourth-order valence-corrected chi connectivity index (χ4v) is 4.68. The lowest BCUT2D eigenvalue weighted by molar-refractivity contribution is 0.238. The summed E-state index contributed by atoms with van der Waals surface area (Å²) >= 11 is 0. The number of hydrogen-bond donors (Lipinski definition) is 0. The molecule has 5 rings (SSSR count). The molecule has 1 saturated heterocycles. The second-order valence-electron chi connectivity index (χ2n) is 8.07. The maximum absolute atomic E-state index is 11.8. The van der Waals surface area contributed by atoms with Gasteiger partial charge in [0.1, 0.15) is 12.4 Å². The Kier molecular flexibility index (Phi) is 6.01. The van der Waals surface area contributed by atoms with E-state index in [4.69, 9.17) is 4.74 Å². The normalized spacial score (nSPS) is 15.3. The van der Waals surface area contributed by atoms with Crippen molar-refractivity contribution in [3.05, 3.63) is 67.1 Å². The van der Waals surface area contributed by atoms with Crippen LogP contribution in [0.2, 0.25) is 0 Å². The van der Waals surface area contributed by atoms with Crippen molar-refractivity contribution in [3.63, 3.8) is 0 Å². The molecule has 0 bridgehead atoms. The summed E-state index contributed by atoms with van der Waals surface area (Å²) in [6, 6.07) is 15.8. The van der Waals surface area contributed by atoms with Gasteiger partial charge in [-0.1, -0.05) is 24.3 Å². The first kappa shape index (κ1) is 20.8. The molecule has 1 fully saturated rings. The van der Waals surface area contributed by atoms with E-state index in [2.05, 4.69) is 27.1 Å². The SMILES string of the molecule is CS(=O)c1cccc(-c2cnn3cc(-c4ccc(OCCN5CCCC5)cc4)cnc23)c1. The highest BCUT2D eigenvalue weighted by atomic mass is 32.2. The molecule has 0 aliphatic carbocycles. The lowest BCUT2D eigenvalue weighted by Crippen LogP contribution is -2.25. The Bertz CT molecular complexity index is 1250. The predicted molar refractivity (Wildman–Crippen MR) is 127 cm³/mol. The van der Waals surface area contributed by atoms with Crippen LogP contribution >= 0.6 is 0 Å². The van der Waals surface area contributed by atoms with E-state index >= 15 is 0 Å². The van der Waals surface area contributed by atoms with Gasteiger partial charge in [0.2, 0.25) is 0 Å². The minimum atomic E-state index is -1.03. The van der Waals surface area contributed by atoms with E-state index in [9.17, 15) is 4.21 Å². The molecule has 1 unspecified atom stereocenters. The van der Waals surface area contributed by atoms with Crippen LogP contribution in [-0.2, 0) is 10.8 Å². The number of nitrogens with zero attached hydrogens (tertiary/aromatic N) is 4. The lowest BCUT2D eigenvalue weighted by Gasteiger charge is -2.15. The minimum Gasteiger partial charge on any atom is -0.492 e. The predicted octanol–water partition coefficient (Wildman–Crippen LogP) is 4.28. The average molecular weight is 447 g/mol. The molecule has 164 valence electrons. The summed E-state index contributed by atoms with van der Waals surface area (Å²) in [5, 5.41) is 4.50. The molecule has 6 nitrogen and oxygen atoms in total. The molecule has 2 aromatic carbocycles. The van der Waals surface area contributed by atoms with Gasteiger partial charge in [0.25, 0.3) is 0 Å². The van der Waals surface area contributed by atoms with Gasteiger partial charge < -0.3 is 4.74 Å². The molecule has 0 radical (unpaired) electrons. The summed E-state index contributed by atoms with van der Waals surface area (Å²) in [6.07, 6.45) is 9.95. The highest BCUT2D eigenvalue weighted by molar-refractivity contribution is 7.84. The van der Waals surface area contributed by atoms with Crippen molar-refractivity contribution >= 4 is 16.4 Å². The molecular weight excluding hydrogens is 420 g/mol. The summed E-state index contributed by atoms with van der Waals surface area (Å²) in [4.78, 5) is 7.92. The molecule has 1 atom stereocenters. The van der Waals surface area contributed by atoms with Gasteiger partial charge in [0, 0.05) is 52.0 Å². The van der Waals surface area contributed by atoms with Crippen LogP contribution in [0.5, 0.6) is 5.75 Å². The van der Waals surface area contributed by atoms with E-state index < -0.39 is 10.8 Å². The van der Waals surface area contributed by atoms with Crippen molar-refractivity contribution in [1.29, 1.82) is 0 Å². The molecule has 32 heavy (non-hydrogen) atoms. The summed E-state index contributed by atoms with van der Waals surface area (Å²) in [7, 11) is -1.03. The van der Waals surface area contributed by atoms with Gasteiger partial charge in [-0.25, -0.2) is 9.50 Å². The minimum absolute atomic E-state index is 0.718. The third-order valence-corrected chi connectivity index (χ3v) is 6.81. The number of fused-ring (bicyclic) bond motifs is 1. The van der Waals surface area contributed by atoms with E-state index in [1.165, 1.54) is 25.9 Å². The zero-order valence-electron chi connectivity index (χ0n) is 18.1. The largest absolute Gasteiger partial charge is 0.492 e. The van der Waals surface area contributed by atoms with Crippen molar-refractivity contribution in [3.8, 4) is 28.0 Å². The van der Waals surface area contributed by atoms with Gasteiger partial charge in [0.15, 0.2) is 5.65 Å². The van der Waals surface area contributed by atoms with E-state index in [0.29, 0.717) is 0 Å². The van der Waals surface area contributed by atoms with Crippen LogP contribution in [0.25, 0.3) is 27.9 Å². The first-order valence-electron chi connectivity index (χ1n) is 10.9. The Morgan fingerprint density at radius 2 is 1.81 bits per heavy atom. The van der Waals surface area contributed by atoms with Crippen molar-refractivity contribution < 1.29 is 8.95 Å². The van der Waals surface area contributed by atoms with Gasteiger partial charge in [-0.3, -0.25) is 9.11 Å². The van der Waals surface area contributed by atoms with Crippen LogP contribution < -0.4 is 4.74 Å². The number of likely N-dealkylation sites (tertiary alicyclic amines) is 1. The van der Waals surface area contributed by atoms with Gasteiger partial charge in [0.05, 0.1) is 6.20 Å². The maximum atomic E-state index is 11.8. The van der Waals surface area contributed by atoms with Crippen molar-refractivity contribution in [2.75, 3.05) is 32.5 Å². The molecule has 1 aliphatic rings. The molecule has 1 aliphatic heterocycles. The third kappa shape index (κ3) is 4.45. The van der Waals surface area contributed by atoms with Crippen molar-refractivity contribution in [2.45, 2.75) is 17.7 Å². The lowest BCUT2D eigenvalue weighted by atomic mass is 10.1. The first-order valence-corrected chi connectivity index (χ1v) is 12.5. The van der Waals surface area contributed by atoms with Crippen LogP contribution in [-0.4, -0.2) is 56.2 Å². The first-order chi connectivity index (χ1) is 15.7. The fraction of sp³-hybridized carbons (Fsp3) is 0.280. The van der Waals surface area contributed by atoms with E-state index in [1.54, 1.807) is 17.0 Å². The van der Waals surface area contributed by atoms with E-state index in [-0.39, 0.29) is 0 Å². The van der Waals surface area contributed by atoms with Gasteiger partial charge in [-0.05, 0) is 61.3 Å². The molecule has 0 N–H and O–H groups in total. The fourth-order valence-electron chi connectivity index (χ4n) is 4.11. The number of benzene rings is 2. The topological polar surface area (TPSA) is 59.7 Å². The van der Waals surface area contributed by atoms with Gasteiger partial charge in [-0.15, -0.1) is 0 Å². The highest BCUT2D eigenvalue weighted by Gasteiger charge is 2.12. The van der Waals surface area contributed by atoms with Crippen molar-refractivity contribution in [1.82, 2.24) is 19.5 Å². The zero-order valence-corrected chi connectivity index (χ0v) is 18.9. The molecule has 2 aromatic heterocycles. The molecule has 4 aromatic rings. The standard InChI is InChI=1S/C25H26N4O2S/c1-32(30)23-6-4-5-20(15-23)24-17-27-29-18-21(16-26-25(24)29)19-7-9-22(10-8-19)31-14-13-28-11-2-3-12-28/h4-10,15-18H,2-3,11-14H2,1H3. The Morgan fingerprint density at radius 1 is 1.00 bits per heavy atom. The Balaban J connectivity index is 1.32. The second kappa shape index (κ2) is 9.22. The molecule has 7 heteroatoms. The smallest absolute Gasteiger partial charge is 0.162 e. The molecule has 0 amide bonds. The number of ether oxygens (including phenoxy) is 1. The molecular formula is C25H26N4O2S. The number of hydrogen-bond acceptors (Lipinski definition) is 5. The Hall–Kier alpha value is -3.03. The maximum Gasteiger partial charge on any atom is 0.162 e. The summed E-state index contributed by atoms with van der Waals surface area (Å²) in [5.41, 5.74) is 4.70. The average Bonchev–Trinajstić information content (AvgIpc) is 3.49. The van der Waals surface area contributed by atoms with E-state index in [1.807, 2.05) is 48.8 Å². The molecule has 3 heterocycles. The van der Waals surface area contributed by atoms with Crippen molar-refractivity contribution in [2.24, 2.45) is 0 Å². The van der Waals surface area contributed by atoms with E-state index in [0.717, 1.165) is 51.7 Å². The van der Waals surface area contributed by atoms with Crippen LogP contribution in [0, 0.1) is 0 Å². The monoisotopic (exact) mass is 446 g/mol. The summed E-state index contributed by atoms with van der Waals surface area (Å²) in [6.45, 7) is 4.09. The van der Waals surface area contributed by atoms with Gasteiger partial charge in [-0.2, -0.15) is 5.10 Å². The molecule has 0 spiro atoms. The third-order valence-electron chi connectivity index (χ3n) is 5.90. The zero-order chi connectivity index (χ0) is 21.9. The van der Waals surface area contributed by atoms with Crippen LogP contribution in [0.15, 0.2) is 72.0 Å². The highest BCUT2D eigenvalue weighted by Crippen LogP contribution is 2.27. The van der Waals surface area contributed by atoms with Crippen LogP contribution in [0.1, 0.15) is 12.8 Å².